The molecule has 0 aromatic heterocycles. The van der Waals surface area contributed by atoms with E-state index in [-0.39, 0.29) is 5.54 Å². The fraction of sp³-hybridized carbons (Fsp3) is 1.00. The SMILES string of the molecule is CCC(CN)(C1CC1)N(CCOC)C(C)C1CC1. The fourth-order valence-corrected chi connectivity index (χ4v) is 3.63. The summed E-state index contributed by atoms with van der Waals surface area (Å²) >= 11 is 0. The lowest BCUT2D eigenvalue weighted by molar-refractivity contribution is 0.00419. The van der Waals surface area contributed by atoms with Crippen molar-refractivity contribution in [2.24, 2.45) is 17.6 Å². The molecule has 0 aromatic carbocycles. The molecule has 0 saturated heterocycles. The van der Waals surface area contributed by atoms with E-state index in [0.717, 1.165) is 31.5 Å². The number of methoxy groups -OCH3 is 1. The summed E-state index contributed by atoms with van der Waals surface area (Å²) in [5.41, 5.74) is 6.44. The molecule has 106 valence electrons. The van der Waals surface area contributed by atoms with Crippen molar-refractivity contribution in [3.05, 3.63) is 0 Å². The average Bonchev–Trinajstić information content (AvgIpc) is 3.25. The Hall–Kier alpha value is -0.120. The molecule has 18 heavy (non-hydrogen) atoms. The predicted molar refractivity (Wildman–Crippen MR) is 75.6 cm³/mol. The molecule has 2 aliphatic rings. The Kier molecular flexibility index (Phi) is 4.68. The molecule has 3 nitrogen and oxygen atoms in total. The highest BCUT2D eigenvalue weighted by Crippen LogP contribution is 2.47. The molecule has 2 atom stereocenters. The summed E-state index contributed by atoms with van der Waals surface area (Å²) < 4.78 is 5.32. The zero-order valence-corrected chi connectivity index (χ0v) is 12.3. The number of rotatable bonds is 9. The summed E-state index contributed by atoms with van der Waals surface area (Å²) in [4.78, 5) is 2.70. The third kappa shape index (κ3) is 2.73. The van der Waals surface area contributed by atoms with Crippen LogP contribution in [0.2, 0.25) is 0 Å². The lowest BCUT2D eigenvalue weighted by atomic mass is 9.86. The van der Waals surface area contributed by atoms with Crippen LogP contribution in [0, 0.1) is 11.8 Å². The summed E-state index contributed by atoms with van der Waals surface area (Å²) in [5, 5.41) is 0. The minimum absolute atomic E-state index is 0.237. The Morgan fingerprint density at radius 3 is 2.39 bits per heavy atom. The summed E-state index contributed by atoms with van der Waals surface area (Å²) in [5.74, 6) is 1.73. The van der Waals surface area contributed by atoms with Crippen LogP contribution < -0.4 is 5.73 Å². The van der Waals surface area contributed by atoms with Crippen molar-refractivity contribution in [2.45, 2.75) is 57.5 Å². The molecule has 2 unspecified atom stereocenters. The van der Waals surface area contributed by atoms with Crippen LogP contribution in [0.1, 0.15) is 46.0 Å². The topological polar surface area (TPSA) is 38.5 Å². The molecule has 0 bridgehead atoms. The molecule has 0 aliphatic heterocycles. The maximum Gasteiger partial charge on any atom is 0.0590 e. The van der Waals surface area contributed by atoms with Crippen LogP contribution in [0.3, 0.4) is 0 Å². The lowest BCUT2D eigenvalue weighted by Gasteiger charge is -2.47. The van der Waals surface area contributed by atoms with Gasteiger partial charge >= 0.3 is 0 Å². The zero-order valence-electron chi connectivity index (χ0n) is 12.3. The molecular weight excluding hydrogens is 224 g/mol. The van der Waals surface area contributed by atoms with Gasteiger partial charge in [-0.1, -0.05) is 6.92 Å². The van der Waals surface area contributed by atoms with E-state index in [1.54, 1.807) is 7.11 Å². The Balaban J connectivity index is 2.12. The van der Waals surface area contributed by atoms with Crippen molar-refractivity contribution in [2.75, 3.05) is 26.8 Å². The molecule has 2 aliphatic carbocycles. The van der Waals surface area contributed by atoms with Gasteiger partial charge in [0.15, 0.2) is 0 Å². The Bertz CT molecular complexity index is 257. The van der Waals surface area contributed by atoms with Gasteiger partial charge in [-0.2, -0.15) is 0 Å². The number of ether oxygens (including phenoxy) is 1. The number of nitrogens with zero attached hydrogens (tertiary/aromatic N) is 1. The second-order valence-electron chi connectivity index (χ2n) is 6.20. The van der Waals surface area contributed by atoms with Gasteiger partial charge in [-0.05, 0) is 50.9 Å². The predicted octanol–water partition coefficient (Wildman–Crippen LogP) is 2.25. The highest BCUT2D eigenvalue weighted by molar-refractivity contribution is 5.05. The van der Waals surface area contributed by atoms with Gasteiger partial charge in [0.2, 0.25) is 0 Å². The molecule has 0 spiro atoms. The Morgan fingerprint density at radius 2 is 2.00 bits per heavy atom. The first kappa shape index (κ1) is 14.3. The van der Waals surface area contributed by atoms with Gasteiger partial charge in [-0.15, -0.1) is 0 Å². The van der Waals surface area contributed by atoms with E-state index in [1.807, 2.05) is 0 Å². The zero-order chi connectivity index (χ0) is 13.2. The minimum atomic E-state index is 0.237. The standard InChI is InChI=1S/C15H30N2O/c1-4-15(11-16,14-7-8-14)17(9-10-18-3)12(2)13-5-6-13/h12-14H,4-11,16H2,1-3H3. The third-order valence-corrected chi connectivity index (χ3v) is 5.21. The number of hydrogen-bond acceptors (Lipinski definition) is 3. The van der Waals surface area contributed by atoms with Crippen LogP contribution >= 0.6 is 0 Å². The smallest absolute Gasteiger partial charge is 0.0590 e. The monoisotopic (exact) mass is 254 g/mol. The van der Waals surface area contributed by atoms with Crippen LogP contribution in [-0.2, 0) is 4.74 Å². The summed E-state index contributed by atoms with van der Waals surface area (Å²) in [6, 6.07) is 0.671. The molecule has 2 fully saturated rings. The molecule has 0 amide bonds. The summed E-state index contributed by atoms with van der Waals surface area (Å²) in [6.07, 6.45) is 6.71. The molecule has 2 N–H and O–H groups in total. The van der Waals surface area contributed by atoms with Gasteiger partial charge < -0.3 is 10.5 Å². The maximum absolute atomic E-state index is 6.21. The van der Waals surface area contributed by atoms with Gasteiger partial charge in [-0.3, -0.25) is 4.90 Å². The lowest BCUT2D eigenvalue weighted by Crippen LogP contribution is -2.59. The van der Waals surface area contributed by atoms with E-state index in [0.29, 0.717) is 6.04 Å². The largest absolute Gasteiger partial charge is 0.383 e. The van der Waals surface area contributed by atoms with Crippen LogP contribution in [-0.4, -0.2) is 43.3 Å². The van der Waals surface area contributed by atoms with E-state index in [1.165, 1.54) is 32.1 Å². The molecule has 2 rings (SSSR count). The molecular formula is C15H30N2O. The molecule has 0 aromatic rings. The van der Waals surface area contributed by atoms with Crippen molar-refractivity contribution in [3.8, 4) is 0 Å². The first-order chi connectivity index (χ1) is 8.69. The minimum Gasteiger partial charge on any atom is -0.383 e. The van der Waals surface area contributed by atoms with E-state index in [4.69, 9.17) is 10.5 Å². The fourth-order valence-electron chi connectivity index (χ4n) is 3.63. The maximum atomic E-state index is 6.21. The van der Waals surface area contributed by atoms with Crippen LogP contribution in [0.15, 0.2) is 0 Å². The Morgan fingerprint density at radius 1 is 1.33 bits per heavy atom. The molecule has 0 radical (unpaired) electrons. The van der Waals surface area contributed by atoms with Crippen molar-refractivity contribution in [1.29, 1.82) is 0 Å². The Labute approximate surface area is 112 Å². The average molecular weight is 254 g/mol. The quantitative estimate of drug-likeness (QED) is 0.686. The number of hydrogen-bond donors (Lipinski definition) is 1. The highest BCUT2D eigenvalue weighted by Gasteiger charge is 2.50. The molecule has 3 heteroatoms. The van der Waals surface area contributed by atoms with Gasteiger partial charge in [0, 0.05) is 31.8 Å². The van der Waals surface area contributed by atoms with E-state index >= 15 is 0 Å². The van der Waals surface area contributed by atoms with Crippen molar-refractivity contribution >= 4 is 0 Å². The summed E-state index contributed by atoms with van der Waals surface area (Å²) in [6.45, 7) is 7.37. The van der Waals surface area contributed by atoms with Crippen molar-refractivity contribution in [1.82, 2.24) is 4.90 Å². The highest BCUT2D eigenvalue weighted by atomic mass is 16.5. The molecule has 2 saturated carbocycles. The van der Waals surface area contributed by atoms with Crippen LogP contribution in [0.5, 0.6) is 0 Å². The first-order valence-electron chi connectivity index (χ1n) is 7.65. The third-order valence-electron chi connectivity index (χ3n) is 5.21. The van der Waals surface area contributed by atoms with Crippen LogP contribution in [0.4, 0.5) is 0 Å². The second-order valence-corrected chi connectivity index (χ2v) is 6.20. The van der Waals surface area contributed by atoms with Gasteiger partial charge in [0.1, 0.15) is 0 Å². The first-order valence-corrected chi connectivity index (χ1v) is 7.65. The van der Waals surface area contributed by atoms with Crippen molar-refractivity contribution < 1.29 is 4.74 Å². The van der Waals surface area contributed by atoms with Crippen LogP contribution in [0.25, 0.3) is 0 Å². The van der Waals surface area contributed by atoms with E-state index in [9.17, 15) is 0 Å². The summed E-state index contributed by atoms with van der Waals surface area (Å²) in [7, 11) is 1.80. The molecule has 0 heterocycles. The van der Waals surface area contributed by atoms with E-state index < -0.39 is 0 Å². The van der Waals surface area contributed by atoms with Gasteiger partial charge in [0.05, 0.1) is 6.61 Å². The van der Waals surface area contributed by atoms with Gasteiger partial charge in [-0.25, -0.2) is 0 Å². The van der Waals surface area contributed by atoms with Crippen molar-refractivity contribution in [3.63, 3.8) is 0 Å². The van der Waals surface area contributed by atoms with E-state index in [2.05, 4.69) is 18.7 Å². The van der Waals surface area contributed by atoms with Gasteiger partial charge in [0.25, 0.3) is 0 Å². The number of nitrogens with two attached hydrogens (primary N) is 1. The second kappa shape index (κ2) is 5.89. The normalized spacial score (nSPS) is 25.2.